The van der Waals surface area contributed by atoms with Gasteiger partial charge < -0.3 is 9.47 Å². The molecule has 0 aromatic heterocycles. The van der Waals surface area contributed by atoms with Crippen molar-refractivity contribution >= 4 is 6.16 Å². The minimum atomic E-state index is -4.36. The molecule has 0 aromatic carbocycles. The highest BCUT2D eigenvalue weighted by molar-refractivity contribution is 5.60. The highest BCUT2D eigenvalue weighted by Gasteiger charge is 2.31. The molecule has 0 aliphatic rings. The van der Waals surface area contributed by atoms with Gasteiger partial charge in [-0.15, -0.1) is 0 Å². The Labute approximate surface area is 125 Å². The molecule has 22 heavy (non-hydrogen) atoms. The van der Waals surface area contributed by atoms with E-state index < -0.39 is 56.4 Å². The van der Waals surface area contributed by atoms with Crippen molar-refractivity contribution in [2.24, 2.45) is 0 Å². The van der Waals surface area contributed by atoms with Crippen LogP contribution in [-0.4, -0.2) is 30.7 Å². The van der Waals surface area contributed by atoms with Crippen molar-refractivity contribution in [3.05, 3.63) is 0 Å². The fourth-order valence-corrected chi connectivity index (χ4v) is 1.64. The van der Waals surface area contributed by atoms with Crippen molar-refractivity contribution < 1.29 is 40.6 Å². The molecule has 0 radical (unpaired) electrons. The quantitative estimate of drug-likeness (QED) is 0.440. The summed E-state index contributed by atoms with van der Waals surface area (Å²) in [7, 11) is 0. The maximum atomic E-state index is 12.1. The summed E-state index contributed by atoms with van der Waals surface area (Å²) in [5.74, 6) is 0. The van der Waals surface area contributed by atoms with Gasteiger partial charge >= 0.3 is 18.5 Å². The lowest BCUT2D eigenvalue weighted by molar-refractivity contribution is -0.143. The first-order valence-electron chi connectivity index (χ1n) is 6.97. The number of hydrogen-bond acceptors (Lipinski definition) is 3. The number of carbonyl (C=O) groups is 1. The fourth-order valence-electron chi connectivity index (χ4n) is 1.64. The summed E-state index contributed by atoms with van der Waals surface area (Å²) < 4.78 is 82.0. The number of hydrogen-bond donors (Lipinski definition) is 0. The third-order valence-corrected chi connectivity index (χ3v) is 2.94. The number of ether oxygens (including phenoxy) is 2. The second-order valence-corrected chi connectivity index (χ2v) is 4.85. The molecule has 0 N–H and O–H groups in total. The van der Waals surface area contributed by atoms with E-state index in [-0.39, 0.29) is 12.8 Å². The normalized spacial score (nSPS) is 15.3. The maximum absolute atomic E-state index is 12.1. The van der Waals surface area contributed by atoms with Crippen LogP contribution in [0.3, 0.4) is 0 Å². The van der Waals surface area contributed by atoms with Gasteiger partial charge in [0.2, 0.25) is 0 Å². The van der Waals surface area contributed by atoms with E-state index in [1.807, 2.05) is 0 Å². The van der Waals surface area contributed by atoms with Crippen LogP contribution in [0.2, 0.25) is 0 Å². The van der Waals surface area contributed by atoms with Gasteiger partial charge in [0.15, 0.2) is 0 Å². The first kappa shape index (κ1) is 20.9. The second-order valence-electron chi connectivity index (χ2n) is 4.85. The molecular formula is C13H20F6O3. The van der Waals surface area contributed by atoms with Crippen molar-refractivity contribution in [2.75, 3.05) is 0 Å². The van der Waals surface area contributed by atoms with Crippen LogP contribution in [0.15, 0.2) is 0 Å². The van der Waals surface area contributed by atoms with Gasteiger partial charge in [-0.1, -0.05) is 13.8 Å². The van der Waals surface area contributed by atoms with Crippen LogP contribution in [0.4, 0.5) is 31.1 Å². The minimum absolute atomic E-state index is 0.157. The highest BCUT2D eigenvalue weighted by atomic mass is 19.4. The third-order valence-electron chi connectivity index (χ3n) is 2.94. The van der Waals surface area contributed by atoms with Gasteiger partial charge in [0.25, 0.3) is 0 Å². The average Bonchev–Trinajstić information content (AvgIpc) is 2.37. The van der Waals surface area contributed by atoms with E-state index in [9.17, 15) is 31.1 Å². The largest absolute Gasteiger partial charge is 0.508 e. The van der Waals surface area contributed by atoms with Gasteiger partial charge in [-0.25, -0.2) is 4.79 Å². The van der Waals surface area contributed by atoms with E-state index in [2.05, 4.69) is 0 Å². The molecule has 0 fully saturated rings. The zero-order chi connectivity index (χ0) is 17.4. The molecular weight excluding hydrogens is 318 g/mol. The maximum Gasteiger partial charge on any atom is 0.508 e. The van der Waals surface area contributed by atoms with E-state index >= 15 is 0 Å². The summed E-state index contributed by atoms with van der Waals surface area (Å²) in [5, 5.41) is 0. The summed E-state index contributed by atoms with van der Waals surface area (Å²) in [5.41, 5.74) is 0. The Morgan fingerprint density at radius 1 is 0.818 bits per heavy atom. The van der Waals surface area contributed by atoms with Crippen LogP contribution in [-0.2, 0) is 9.47 Å². The molecule has 3 nitrogen and oxygen atoms in total. The molecule has 0 bridgehead atoms. The monoisotopic (exact) mass is 338 g/mol. The average molecular weight is 338 g/mol. The van der Waals surface area contributed by atoms with Crippen molar-refractivity contribution in [3.8, 4) is 0 Å². The molecule has 0 amide bonds. The SMILES string of the molecule is CCC(CCC(F)(F)F)OC(=O)OC(CC)CCC(F)(F)F. The first-order chi connectivity index (χ1) is 9.96. The molecule has 132 valence electrons. The Morgan fingerprint density at radius 2 is 1.14 bits per heavy atom. The van der Waals surface area contributed by atoms with E-state index in [0.717, 1.165) is 0 Å². The molecule has 0 heterocycles. The topological polar surface area (TPSA) is 35.5 Å². The molecule has 0 spiro atoms. The molecule has 2 atom stereocenters. The Balaban J connectivity index is 4.26. The first-order valence-corrected chi connectivity index (χ1v) is 6.97. The lowest BCUT2D eigenvalue weighted by Gasteiger charge is -2.20. The van der Waals surface area contributed by atoms with Gasteiger partial charge in [-0.05, 0) is 25.7 Å². The minimum Gasteiger partial charge on any atom is -0.431 e. The summed E-state index contributed by atoms with van der Waals surface area (Å²) in [6, 6.07) is 0. The number of alkyl halides is 6. The lowest BCUT2D eigenvalue weighted by Crippen LogP contribution is -2.25. The van der Waals surface area contributed by atoms with Crippen LogP contribution in [0.5, 0.6) is 0 Å². The fraction of sp³-hybridized carbons (Fsp3) is 0.923. The van der Waals surface area contributed by atoms with Gasteiger partial charge in [-0.3, -0.25) is 0 Å². The van der Waals surface area contributed by atoms with Crippen LogP contribution in [0.25, 0.3) is 0 Å². The van der Waals surface area contributed by atoms with Gasteiger partial charge in [0, 0.05) is 12.8 Å². The Bertz CT molecular complexity index is 297. The second kappa shape index (κ2) is 9.09. The van der Waals surface area contributed by atoms with Crippen molar-refractivity contribution in [3.63, 3.8) is 0 Å². The van der Waals surface area contributed by atoms with Gasteiger partial charge in [0.05, 0.1) is 0 Å². The van der Waals surface area contributed by atoms with Crippen LogP contribution in [0, 0.1) is 0 Å². The Kier molecular flexibility index (Phi) is 8.62. The highest BCUT2D eigenvalue weighted by Crippen LogP contribution is 2.25. The summed E-state index contributed by atoms with van der Waals surface area (Å²) >= 11 is 0. The lowest BCUT2D eigenvalue weighted by atomic mass is 10.1. The Hall–Kier alpha value is -1.15. The van der Waals surface area contributed by atoms with E-state index in [4.69, 9.17) is 9.47 Å². The predicted molar refractivity (Wildman–Crippen MR) is 66.3 cm³/mol. The van der Waals surface area contributed by atoms with Gasteiger partial charge in [-0.2, -0.15) is 26.3 Å². The molecule has 9 heteroatoms. The zero-order valence-electron chi connectivity index (χ0n) is 12.4. The van der Waals surface area contributed by atoms with E-state index in [1.165, 1.54) is 13.8 Å². The van der Waals surface area contributed by atoms with Crippen molar-refractivity contribution in [2.45, 2.75) is 76.9 Å². The molecule has 2 unspecified atom stereocenters. The smallest absolute Gasteiger partial charge is 0.431 e. The van der Waals surface area contributed by atoms with Crippen LogP contribution >= 0.6 is 0 Å². The summed E-state index contributed by atoms with van der Waals surface area (Å²) in [6.07, 6.45) is -14.6. The van der Waals surface area contributed by atoms with Crippen LogP contribution < -0.4 is 0 Å². The van der Waals surface area contributed by atoms with Crippen molar-refractivity contribution in [1.82, 2.24) is 0 Å². The van der Waals surface area contributed by atoms with E-state index in [0.29, 0.717) is 0 Å². The molecule has 0 saturated carbocycles. The molecule has 0 rings (SSSR count). The summed E-state index contributed by atoms with van der Waals surface area (Å²) in [6.45, 7) is 3.07. The predicted octanol–water partition coefficient (Wildman–Crippen LogP) is 5.38. The molecule has 0 aromatic rings. The molecule has 0 saturated heterocycles. The molecule has 0 aliphatic carbocycles. The molecule has 0 aliphatic heterocycles. The Morgan fingerprint density at radius 3 is 1.36 bits per heavy atom. The van der Waals surface area contributed by atoms with Crippen molar-refractivity contribution in [1.29, 1.82) is 0 Å². The number of carbonyl (C=O) groups excluding carboxylic acids is 1. The number of rotatable bonds is 8. The third kappa shape index (κ3) is 11.5. The van der Waals surface area contributed by atoms with E-state index in [1.54, 1.807) is 0 Å². The number of halogens is 6. The van der Waals surface area contributed by atoms with Gasteiger partial charge in [0.1, 0.15) is 12.2 Å². The summed E-state index contributed by atoms with van der Waals surface area (Å²) in [4.78, 5) is 11.4. The zero-order valence-corrected chi connectivity index (χ0v) is 12.4. The van der Waals surface area contributed by atoms with Crippen LogP contribution in [0.1, 0.15) is 52.4 Å². The standard InChI is InChI=1S/C13H20F6O3/c1-3-9(5-7-12(14,15)16)21-11(20)22-10(4-2)6-8-13(17,18)19/h9-10H,3-8H2,1-2H3.